The summed E-state index contributed by atoms with van der Waals surface area (Å²) in [5, 5.41) is 0. The molecule has 0 spiro atoms. The lowest BCUT2D eigenvalue weighted by atomic mass is 10.1. The van der Waals surface area contributed by atoms with Crippen LogP contribution in [0.25, 0.3) is 0 Å². The number of esters is 1. The number of hydrogen-bond donors (Lipinski definition) is 1. The lowest BCUT2D eigenvalue weighted by Gasteiger charge is -2.20. The molecule has 0 bridgehead atoms. The van der Waals surface area contributed by atoms with Gasteiger partial charge in [0.05, 0.1) is 13.0 Å². The fourth-order valence-electron chi connectivity index (χ4n) is 2.42. The van der Waals surface area contributed by atoms with Crippen LogP contribution in [-0.2, 0) is 20.7 Å². The Morgan fingerprint density at radius 3 is 2.89 bits per heavy atom. The van der Waals surface area contributed by atoms with Crippen molar-refractivity contribution >= 4 is 23.3 Å². The molecule has 0 saturated carbocycles. The summed E-state index contributed by atoms with van der Waals surface area (Å²) in [7, 11) is 1.34. The van der Waals surface area contributed by atoms with Gasteiger partial charge in [-0.05, 0) is 30.2 Å². The van der Waals surface area contributed by atoms with Gasteiger partial charge in [-0.2, -0.15) is 0 Å². The third-order valence-corrected chi connectivity index (χ3v) is 3.43. The summed E-state index contributed by atoms with van der Waals surface area (Å²) in [5.41, 5.74) is 8.29. The Morgan fingerprint density at radius 1 is 1.53 bits per heavy atom. The first-order valence-electron chi connectivity index (χ1n) is 6.33. The molecule has 5 heteroatoms. The summed E-state index contributed by atoms with van der Waals surface area (Å²) < 4.78 is 4.70. The number of nitrogens with zero attached hydrogens (tertiary/aromatic N) is 1. The second-order valence-corrected chi connectivity index (χ2v) is 4.67. The number of amides is 1. The van der Waals surface area contributed by atoms with E-state index in [1.807, 2.05) is 19.1 Å². The lowest BCUT2D eigenvalue weighted by molar-refractivity contribution is -0.145. The molecule has 1 atom stereocenters. The van der Waals surface area contributed by atoms with Crippen molar-refractivity contribution in [3.05, 3.63) is 23.8 Å². The van der Waals surface area contributed by atoms with Crippen LogP contribution in [0.15, 0.2) is 18.2 Å². The van der Waals surface area contributed by atoms with E-state index in [2.05, 4.69) is 0 Å². The van der Waals surface area contributed by atoms with Crippen LogP contribution in [0.5, 0.6) is 0 Å². The molecule has 19 heavy (non-hydrogen) atoms. The molecule has 2 N–H and O–H groups in total. The largest absolute Gasteiger partial charge is 0.469 e. The predicted molar refractivity (Wildman–Crippen MR) is 72.7 cm³/mol. The van der Waals surface area contributed by atoms with Gasteiger partial charge in [0.25, 0.3) is 0 Å². The normalized spacial score (nSPS) is 18.7. The summed E-state index contributed by atoms with van der Waals surface area (Å²) >= 11 is 0. The van der Waals surface area contributed by atoms with Gasteiger partial charge in [0.15, 0.2) is 0 Å². The number of rotatable bonds is 3. The molecular formula is C14H18N2O3. The molecule has 1 aliphatic heterocycles. The highest BCUT2D eigenvalue weighted by molar-refractivity contribution is 6.00. The third-order valence-electron chi connectivity index (χ3n) is 3.43. The maximum absolute atomic E-state index is 12.0. The van der Waals surface area contributed by atoms with Crippen LogP contribution in [0.3, 0.4) is 0 Å². The van der Waals surface area contributed by atoms with E-state index in [9.17, 15) is 9.59 Å². The number of aryl methyl sites for hydroxylation is 1. The van der Waals surface area contributed by atoms with Crippen LogP contribution < -0.4 is 10.6 Å². The molecule has 1 aromatic carbocycles. The van der Waals surface area contributed by atoms with Gasteiger partial charge < -0.3 is 15.4 Å². The van der Waals surface area contributed by atoms with Crippen molar-refractivity contribution in [3.8, 4) is 0 Å². The molecule has 0 radical (unpaired) electrons. The fourth-order valence-corrected chi connectivity index (χ4v) is 2.42. The van der Waals surface area contributed by atoms with Gasteiger partial charge in [0, 0.05) is 24.3 Å². The van der Waals surface area contributed by atoms with Gasteiger partial charge in [0.2, 0.25) is 5.91 Å². The summed E-state index contributed by atoms with van der Waals surface area (Å²) in [4.78, 5) is 25.2. The van der Waals surface area contributed by atoms with E-state index >= 15 is 0 Å². The fraction of sp³-hybridized carbons (Fsp3) is 0.429. The molecule has 1 aromatic rings. The summed E-state index contributed by atoms with van der Waals surface area (Å²) in [6, 6.07) is 5.48. The third kappa shape index (κ3) is 2.54. The van der Waals surface area contributed by atoms with Crippen molar-refractivity contribution in [2.24, 2.45) is 5.92 Å². The number of carbonyl (C=O) groups excluding carboxylic acids is 2. The number of hydrogen-bond acceptors (Lipinski definition) is 4. The quantitative estimate of drug-likeness (QED) is 0.659. The average molecular weight is 262 g/mol. The van der Waals surface area contributed by atoms with Crippen LogP contribution in [0.4, 0.5) is 11.4 Å². The topological polar surface area (TPSA) is 72.6 Å². The second kappa shape index (κ2) is 5.30. The number of nitrogens with two attached hydrogens (primary N) is 1. The molecule has 1 amide bonds. The molecule has 1 heterocycles. The molecule has 5 nitrogen and oxygen atoms in total. The number of nitrogen functional groups attached to an aromatic ring is 1. The molecule has 1 fully saturated rings. The minimum absolute atomic E-state index is 0.0464. The molecule has 1 aliphatic rings. The molecule has 2 rings (SSSR count). The van der Waals surface area contributed by atoms with Gasteiger partial charge in [0.1, 0.15) is 0 Å². The summed E-state index contributed by atoms with van der Waals surface area (Å²) in [6.45, 7) is 2.39. The van der Waals surface area contributed by atoms with E-state index in [1.165, 1.54) is 7.11 Å². The van der Waals surface area contributed by atoms with Crippen LogP contribution >= 0.6 is 0 Å². The van der Waals surface area contributed by atoms with Gasteiger partial charge >= 0.3 is 5.97 Å². The van der Waals surface area contributed by atoms with Crippen LogP contribution in [-0.4, -0.2) is 25.5 Å². The maximum atomic E-state index is 12.0. The first-order valence-corrected chi connectivity index (χ1v) is 6.33. The van der Waals surface area contributed by atoms with E-state index in [-0.39, 0.29) is 24.2 Å². The van der Waals surface area contributed by atoms with E-state index in [1.54, 1.807) is 11.0 Å². The van der Waals surface area contributed by atoms with Crippen molar-refractivity contribution in [1.82, 2.24) is 0 Å². The molecule has 0 unspecified atom stereocenters. The number of benzene rings is 1. The Kier molecular flexibility index (Phi) is 3.74. The van der Waals surface area contributed by atoms with Crippen molar-refractivity contribution < 1.29 is 14.3 Å². The van der Waals surface area contributed by atoms with Crippen LogP contribution in [0, 0.1) is 5.92 Å². The molecular weight excluding hydrogens is 244 g/mol. The van der Waals surface area contributed by atoms with Crippen LogP contribution in [0.1, 0.15) is 18.9 Å². The molecule has 0 aliphatic carbocycles. The smallest absolute Gasteiger partial charge is 0.311 e. The Bertz CT molecular complexity index is 513. The zero-order chi connectivity index (χ0) is 14.0. The van der Waals surface area contributed by atoms with Crippen LogP contribution in [0.2, 0.25) is 0 Å². The maximum Gasteiger partial charge on any atom is 0.311 e. The highest BCUT2D eigenvalue weighted by atomic mass is 16.5. The highest BCUT2D eigenvalue weighted by Crippen LogP contribution is 2.30. The Balaban J connectivity index is 2.28. The number of ether oxygens (including phenoxy) is 1. The first-order chi connectivity index (χ1) is 9.06. The molecule has 102 valence electrons. The molecule has 0 aromatic heterocycles. The summed E-state index contributed by atoms with van der Waals surface area (Å²) in [5.74, 6) is -0.751. The Hall–Kier alpha value is -2.04. The van der Waals surface area contributed by atoms with Crippen molar-refractivity contribution in [2.75, 3.05) is 24.3 Å². The number of methoxy groups -OCH3 is 1. The SMILES string of the molecule is CCc1cc(N)ccc1N1C[C@H](C(=O)OC)CC1=O. The lowest BCUT2D eigenvalue weighted by Crippen LogP contribution is -2.27. The van der Waals surface area contributed by atoms with Gasteiger partial charge in [-0.25, -0.2) is 0 Å². The van der Waals surface area contributed by atoms with Gasteiger partial charge in [-0.3, -0.25) is 9.59 Å². The highest BCUT2D eigenvalue weighted by Gasteiger charge is 2.36. The first kappa shape index (κ1) is 13.4. The zero-order valence-electron chi connectivity index (χ0n) is 11.2. The van der Waals surface area contributed by atoms with Gasteiger partial charge in [-0.15, -0.1) is 0 Å². The molecule has 1 saturated heterocycles. The van der Waals surface area contributed by atoms with E-state index in [0.717, 1.165) is 17.7 Å². The Morgan fingerprint density at radius 2 is 2.26 bits per heavy atom. The van der Waals surface area contributed by atoms with E-state index in [4.69, 9.17) is 10.5 Å². The van der Waals surface area contributed by atoms with Crippen molar-refractivity contribution in [2.45, 2.75) is 19.8 Å². The van der Waals surface area contributed by atoms with Crippen molar-refractivity contribution in [1.29, 1.82) is 0 Å². The van der Waals surface area contributed by atoms with Crippen molar-refractivity contribution in [3.63, 3.8) is 0 Å². The zero-order valence-corrected chi connectivity index (χ0v) is 11.2. The summed E-state index contributed by atoms with van der Waals surface area (Å²) in [6.07, 6.45) is 0.993. The minimum atomic E-state index is -0.375. The number of carbonyl (C=O) groups is 2. The Labute approximate surface area is 112 Å². The standard InChI is InChI=1S/C14H18N2O3/c1-3-9-6-11(15)4-5-12(9)16-8-10(7-13(16)17)14(18)19-2/h4-6,10H,3,7-8,15H2,1-2H3/t10-/m1/s1. The van der Waals surface area contributed by atoms with Gasteiger partial charge in [-0.1, -0.05) is 6.92 Å². The van der Waals surface area contributed by atoms with E-state index < -0.39 is 0 Å². The van der Waals surface area contributed by atoms with E-state index in [0.29, 0.717) is 12.2 Å². The monoisotopic (exact) mass is 262 g/mol. The average Bonchev–Trinajstić information content (AvgIpc) is 2.79. The second-order valence-electron chi connectivity index (χ2n) is 4.67. The number of anilines is 2. The predicted octanol–water partition coefficient (Wildman–Crippen LogP) is 1.36. The minimum Gasteiger partial charge on any atom is -0.469 e.